The smallest absolute Gasteiger partial charge is 0.335 e. The molecule has 0 aromatic carbocycles. The summed E-state index contributed by atoms with van der Waals surface area (Å²) in [5.41, 5.74) is 4.59. The maximum atomic E-state index is 11.9. The molecular weight excluding hydrogens is 530 g/mol. The third kappa shape index (κ3) is 4.40. The third-order valence-corrected chi connectivity index (χ3v) is 8.77. The van der Waals surface area contributed by atoms with Gasteiger partial charge in [-0.1, -0.05) is 25.7 Å². The van der Waals surface area contributed by atoms with Gasteiger partial charge in [-0.25, -0.2) is 14.6 Å². The van der Waals surface area contributed by atoms with Gasteiger partial charge in [-0.2, -0.15) is 0 Å². The molecule has 0 radical (unpaired) electrons. The second-order valence-electron chi connectivity index (χ2n) is 9.49. The van der Waals surface area contributed by atoms with E-state index in [1.54, 1.807) is 41.0 Å². The molecule has 39 heavy (non-hydrogen) atoms. The molecule has 0 unspecified atom stereocenters. The van der Waals surface area contributed by atoms with Crippen LogP contribution in [0.25, 0.3) is 32.5 Å². The fourth-order valence-corrected chi connectivity index (χ4v) is 7.01. The average molecular weight is 550 g/mol. The van der Waals surface area contributed by atoms with E-state index in [0.717, 1.165) is 4.88 Å². The van der Waals surface area contributed by atoms with Crippen LogP contribution in [0.5, 0.6) is 0 Å². The number of nitrogens with zero attached hydrogens (tertiary/aromatic N) is 3. The van der Waals surface area contributed by atoms with Crippen LogP contribution in [0.15, 0.2) is 66.3 Å². The second kappa shape index (κ2) is 9.27. The number of carboxylic acids is 2. The number of rotatable bonds is 4. The summed E-state index contributed by atoms with van der Waals surface area (Å²) >= 11 is 3.45. The van der Waals surface area contributed by atoms with Gasteiger partial charge in [0.2, 0.25) is 0 Å². The van der Waals surface area contributed by atoms with E-state index in [-0.39, 0.29) is 27.9 Å². The van der Waals surface area contributed by atoms with Gasteiger partial charge in [-0.05, 0) is 65.0 Å². The molecule has 5 aromatic rings. The van der Waals surface area contributed by atoms with Crippen LogP contribution in [0.1, 0.15) is 56.1 Å². The molecule has 0 saturated carbocycles. The Morgan fingerprint density at radius 1 is 0.769 bits per heavy atom. The van der Waals surface area contributed by atoms with Gasteiger partial charge in [0.25, 0.3) is 0 Å². The molecule has 0 saturated heterocycles. The van der Waals surface area contributed by atoms with Crippen LogP contribution in [0.3, 0.4) is 0 Å². The summed E-state index contributed by atoms with van der Waals surface area (Å²) in [6, 6.07) is 13.4. The first-order valence-electron chi connectivity index (χ1n) is 11.9. The van der Waals surface area contributed by atoms with Gasteiger partial charge in [-0.15, -0.1) is 22.7 Å². The largest absolute Gasteiger partial charge is 0.478 e. The van der Waals surface area contributed by atoms with Gasteiger partial charge in [0.05, 0.1) is 38.8 Å². The molecule has 5 heterocycles. The van der Waals surface area contributed by atoms with E-state index < -0.39 is 11.9 Å². The van der Waals surface area contributed by atoms with Gasteiger partial charge < -0.3 is 10.2 Å². The van der Waals surface area contributed by atoms with Gasteiger partial charge in [0, 0.05) is 33.1 Å². The lowest BCUT2D eigenvalue weighted by molar-refractivity contribution is 0.0686. The number of hydrogen-bond donors (Lipinski definition) is 2. The summed E-state index contributed by atoms with van der Waals surface area (Å²) in [5, 5.41) is 21.1. The van der Waals surface area contributed by atoms with Crippen molar-refractivity contribution in [2.45, 2.75) is 19.3 Å². The van der Waals surface area contributed by atoms with E-state index in [4.69, 9.17) is 0 Å². The van der Waals surface area contributed by atoms with Crippen LogP contribution in [-0.4, -0.2) is 37.1 Å². The first-order chi connectivity index (χ1) is 18.7. The Hall–Kier alpha value is -4.65. The summed E-state index contributed by atoms with van der Waals surface area (Å²) in [5.74, 6) is 4.23. The number of carboxylic acid groups (broad SMARTS) is 2. The predicted octanol–water partition coefficient (Wildman–Crippen LogP) is 6.43. The third-order valence-electron chi connectivity index (χ3n) is 6.64. The molecule has 5 aromatic heterocycles. The average Bonchev–Trinajstić information content (AvgIpc) is 3.63. The Morgan fingerprint density at radius 2 is 1.44 bits per heavy atom. The number of aromatic nitrogens is 3. The van der Waals surface area contributed by atoms with Crippen molar-refractivity contribution in [3.63, 3.8) is 0 Å². The SMILES string of the molecule is CC1(C)c2ccsc2-c2sc(C#Cc3ccnc(-c4cc(C(=O)O)cc(-c5cc(C(=O)O)ccn5)n4)c3)cc21. The van der Waals surface area contributed by atoms with Crippen molar-refractivity contribution >= 4 is 34.6 Å². The lowest BCUT2D eigenvalue weighted by Crippen LogP contribution is -2.13. The highest BCUT2D eigenvalue weighted by Crippen LogP contribution is 2.54. The quantitative estimate of drug-likeness (QED) is 0.248. The van der Waals surface area contributed by atoms with Gasteiger partial charge in [0.15, 0.2) is 0 Å². The van der Waals surface area contributed by atoms with Crippen molar-refractivity contribution in [2.75, 3.05) is 0 Å². The van der Waals surface area contributed by atoms with E-state index in [1.807, 2.05) is 0 Å². The van der Waals surface area contributed by atoms with Crippen molar-refractivity contribution in [2.24, 2.45) is 0 Å². The molecule has 0 aliphatic heterocycles. The maximum absolute atomic E-state index is 11.9. The molecule has 7 nitrogen and oxygen atoms in total. The lowest BCUT2D eigenvalue weighted by Gasteiger charge is -2.18. The van der Waals surface area contributed by atoms with Crippen molar-refractivity contribution < 1.29 is 19.8 Å². The van der Waals surface area contributed by atoms with Crippen LogP contribution in [-0.2, 0) is 5.41 Å². The van der Waals surface area contributed by atoms with Crippen molar-refractivity contribution in [1.82, 2.24) is 15.0 Å². The minimum atomic E-state index is -1.15. The zero-order valence-electron chi connectivity index (χ0n) is 20.7. The normalized spacial score (nSPS) is 12.8. The Balaban J connectivity index is 1.36. The van der Waals surface area contributed by atoms with Crippen molar-refractivity contribution in [3.05, 3.63) is 99.0 Å². The van der Waals surface area contributed by atoms with Crippen LogP contribution in [0, 0.1) is 11.8 Å². The van der Waals surface area contributed by atoms with Crippen molar-refractivity contribution in [1.29, 1.82) is 0 Å². The minimum Gasteiger partial charge on any atom is -0.478 e. The molecule has 1 aliphatic carbocycles. The number of carbonyl (C=O) groups is 2. The van der Waals surface area contributed by atoms with E-state index in [1.165, 1.54) is 51.3 Å². The first-order valence-corrected chi connectivity index (χ1v) is 13.6. The molecule has 0 bridgehead atoms. The van der Waals surface area contributed by atoms with Gasteiger partial charge in [0.1, 0.15) is 0 Å². The van der Waals surface area contributed by atoms with Crippen LogP contribution in [0.2, 0.25) is 0 Å². The second-order valence-corrected chi connectivity index (χ2v) is 11.5. The topological polar surface area (TPSA) is 113 Å². The minimum absolute atomic E-state index is 0.0144. The van der Waals surface area contributed by atoms with E-state index in [2.05, 4.69) is 58.2 Å². The first kappa shape index (κ1) is 24.7. The van der Waals surface area contributed by atoms with Crippen molar-refractivity contribution in [3.8, 4) is 44.4 Å². The van der Waals surface area contributed by atoms with Crippen LogP contribution in [0.4, 0.5) is 0 Å². The lowest BCUT2D eigenvalue weighted by atomic mass is 9.84. The summed E-state index contributed by atoms with van der Waals surface area (Å²) in [6.45, 7) is 4.48. The zero-order chi connectivity index (χ0) is 27.3. The standard InChI is InChI=1S/C30H19N3O4S2/c1-30(2)20-7-10-38-26(20)27-21(30)15-19(39-27)4-3-16-5-8-31-22(11-16)24-13-18(29(36)37)14-25(33-24)23-12-17(28(34)35)6-9-32-23/h5-15H,1-2H3,(H,34,35)(H,36,37). The highest BCUT2D eigenvalue weighted by molar-refractivity contribution is 7.22. The number of hydrogen-bond acceptors (Lipinski definition) is 7. The molecule has 0 atom stereocenters. The highest BCUT2D eigenvalue weighted by atomic mass is 32.1. The highest BCUT2D eigenvalue weighted by Gasteiger charge is 2.38. The van der Waals surface area contributed by atoms with E-state index in [0.29, 0.717) is 17.0 Å². The molecule has 1 aliphatic rings. The van der Waals surface area contributed by atoms with E-state index in [9.17, 15) is 19.8 Å². The Bertz CT molecular complexity index is 1870. The Labute approximate surface area is 231 Å². The van der Waals surface area contributed by atoms with E-state index >= 15 is 0 Å². The molecule has 2 N–H and O–H groups in total. The monoisotopic (exact) mass is 549 g/mol. The number of fused-ring (bicyclic) bond motifs is 3. The number of thiophene rings is 2. The van der Waals surface area contributed by atoms with Crippen LogP contribution < -0.4 is 0 Å². The Kier molecular flexibility index (Phi) is 5.87. The van der Waals surface area contributed by atoms with Gasteiger partial charge in [-0.3, -0.25) is 9.97 Å². The summed E-state index contributed by atoms with van der Waals surface area (Å²) in [7, 11) is 0. The summed E-state index contributed by atoms with van der Waals surface area (Å²) < 4.78 is 0. The number of aromatic carboxylic acids is 2. The molecule has 9 heteroatoms. The summed E-state index contributed by atoms with van der Waals surface area (Å²) in [6.07, 6.45) is 2.95. The Morgan fingerprint density at radius 3 is 2.15 bits per heavy atom. The predicted molar refractivity (Wildman–Crippen MR) is 150 cm³/mol. The maximum Gasteiger partial charge on any atom is 0.335 e. The molecule has 0 fully saturated rings. The molecule has 6 rings (SSSR count). The van der Waals surface area contributed by atoms with Gasteiger partial charge >= 0.3 is 11.9 Å². The summed E-state index contributed by atoms with van der Waals surface area (Å²) in [4.78, 5) is 40.0. The molecular formula is C30H19N3O4S2. The zero-order valence-corrected chi connectivity index (χ0v) is 22.4. The van der Waals surface area contributed by atoms with Crippen LogP contribution >= 0.6 is 22.7 Å². The fraction of sp³-hybridized carbons (Fsp3) is 0.100. The molecule has 190 valence electrons. The molecule has 0 spiro atoms. The number of pyridine rings is 3. The molecule has 0 amide bonds. The fourth-order valence-electron chi connectivity index (χ4n) is 4.61.